The molecule has 2 aliphatic rings. The van der Waals surface area contributed by atoms with E-state index in [1.807, 2.05) is 4.90 Å². The number of amides is 2. The Balaban J connectivity index is 2.06. The van der Waals surface area contributed by atoms with Crippen LogP contribution in [0.5, 0.6) is 0 Å². The largest absolute Gasteiger partial charge is 0.373 e. The molecule has 138 valence electrons. The number of morpholine rings is 1. The summed E-state index contributed by atoms with van der Waals surface area (Å²) in [5, 5.41) is 2.96. The summed E-state index contributed by atoms with van der Waals surface area (Å²) in [5.74, 6) is 0.419. The molecular weight excluding hydrogens is 306 g/mol. The lowest BCUT2D eigenvalue weighted by atomic mass is 9.97. The summed E-state index contributed by atoms with van der Waals surface area (Å²) in [6.07, 6.45) is 2.19. The highest BCUT2D eigenvalue weighted by Gasteiger charge is 2.37. The molecule has 2 aliphatic heterocycles. The molecule has 0 saturated carbocycles. The lowest BCUT2D eigenvalue weighted by molar-refractivity contribution is -0.147. The molecule has 0 aliphatic carbocycles. The van der Waals surface area contributed by atoms with Crippen LogP contribution in [0.2, 0.25) is 0 Å². The third kappa shape index (κ3) is 4.93. The van der Waals surface area contributed by atoms with Crippen LogP contribution in [-0.4, -0.2) is 72.1 Å². The molecule has 0 radical (unpaired) electrons. The first kappa shape index (κ1) is 19.2. The highest BCUT2D eigenvalue weighted by Crippen LogP contribution is 2.22. The van der Waals surface area contributed by atoms with Crippen molar-refractivity contribution in [1.29, 1.82) is 0 Å². The van der Waals surface area contributed by atoms with Crippen molar-refractivity contribution in [3.05, 3.63) is 0 Å². The van der Waals surface area contributed by atoms with Crippen LogP contribution < -0.4 is 5.32 Å². The molecule has 2 rings (SSSR count). The topological polar surface area (TPSA) is 61.9 Å². The summed E-state index contributed by atoms with van der Waals surface area (Å²) in [6, 6.07) is -0.0366. The third-order valence-electron chi connectivity index (χ3n) is 4.87. The number of rotatable bonds is 4. The van der Waals surface area contributed by atoms with Crippen LogP contribution in [0.3, 0.4) is 0 Å². The van der Waals surface area contributed by atoms with E-state index in [0.717, 1.165) is 32.5 Å². The highest BCUT2D eigenvalue weighted by molar-refractivity contribution is 5.82. The van der Waals surface area contributed by atoms with Gasteiger partial charge in [0.25, 0.3) is 0 Å². The number of nitrogens with zero attached hydrogens (tertiary/aromatic N) is 2. The van der Waals surface area contributed by atoms with Gasteiger partial charge in [-0.25, -0.2) is 0 Å². The standard InChI is InChI=1S/C18H33N3O3/c1-12(2)17(21-9-13(3)24-14(4)10-21)18(23)20-8-6-7-16(11-20)19-15(5)22/h12-14,16-17H,6-11H2,1-5H3,(H,19,22). The number of nitrogens with one attached hydrogen (secondary N) is 1. The van der Waals surface area contributed by atoms with Crippen LogP contribution in [0.25, 0.3) is 0 Å². The smallest absolute Gasteiger partial charge is 0.240 e. The van der Waals surface area contributed by atoms with Gasteiger partial charge in [0.05, 0.1) is 18.2 Å². The zero-order valence-corrected chi connectivity index (χ0v) is 15.7. The van der Waals surface area contributed by atoms with E-state index in [0.29, 0.717) is 6.54 Å². The second kappa shape index (κ2) is 8.30. The molecular formula is C18H33N3O3. The average Bonchev–Trinajstić information content (AvgIpc) is 2.45. The van der Waals surface area contributed by atoms with E-state index < -0.39 is 0 Å². The Morgan fingerprint density at radius 2 is 1.75 bits per heavy atom. The summed E-state index contributed by atoms with van der Waals surface area (Å²) >= 11 is 0. The minimum Gasteiger partial charge on any atom is -0.373 e. The predicted octanol–water partition coefficient (Wildman–Crippen LogP) is 1.25. The van der Waals surface area contributed by atoms with Gasteiger partial charge in [-0.15, -0.1) is 0 Å². The minimum absolute atomic E-state index is 0.0227. The van der Waals surface area contributed by atoms with E-state index in [-0.39, 0.29) is 42.0 Å². The zero-order chi connectivity index (χ0) is 17.9. The first-order valence-corrected chi connectivity index (χ1v) is 9.23. The van der Waals surface area contributed by atoms with Crippen LogP contribution in [0.15, 0.2) is 0 Å². The van der Waals surface area contributed by atoms with Crippen molar-refractivity contribution in [3.8, 4) is 0 Å². The molecule has 0 bridgehead atoms. The monoisotopic (exact) mass is 339 g/mol. The number of piperidine rings is 1. The SMILES string of the molecule is CC(=O)NC1CCCN(C(=O)C(C(C)C)N2CC(C)OC(C)C2)C1. The van der Waals surface area contributed by atoms with Gasteiger partial charge in [-0.05, 0) is 32.6 Å². The Hall–Kier alpha value is -1.14. The number of likely N-dealkylation sites (tertiary alicyclic amines) is 1. The van der Waals surface area contributed by atoms with Gasteiger partial charge in [0.2, 0.25) is 11.8 Å². The first-order chi connectivity index (χ1) is 11.3. The number of carbonyl (C=O) groups excluding carboxylic acids is 2. The van der Waals surface area contributed by atoms with Gasteiger partial charge in [-0.3, -0.25) is 14.5 Å². The maximum absolute atomic E-state index is 13.2. The Morgan fingerprint density at radius 3 is 2.29 bits per heavy atom. The molecule has 6 heteroatoms. The normalized spacial score (nSPS) is 30.2. The van der Waals surface area contributed by atoms with Gasteiger partial charge in [0, 0.05) is 39.1 Å². The Labute approximate surface area is 145 Å². The maximum atomic E-state index is 13.2. The zero-order valence-electron chi connectivity index (χ0n) is 15.7. The molecule has 2 fully saturated rings. The lowest BCUT2D eigenvalue weighted by Gasteiger charge is -2.44. The molecule has 0 aromatic heterocycles. The summed E-state index contributed by atoms with van der Waals surface area (Å²) in [4.78, 5) is 28.8. The molecule has 24 heavy (non-hydrogen) atoms. The van der Waals surface area contributed by atoms with Crippen LogP contribution >= 0.6 is 0 Å². The second-order valence-corrected chi connectivity index (χ2v) is 7.72. The van der Waals surface area contributed by atoms with E-state index >= 15 is 0 Å². The molecule has 1 N–H and O–H groups in total. The molecule has 0 aromatic carbocycles. The van der Waals surface area contributed by atoms with Crippen LogP contribution in [0.4, 0.5) is 0 Å². The molecule has 6 nitrogen and oxygen atoms in total. The third-order valence-corrected chi connectivity index (χ3v) is 4.87. The molecule has 2 saturated heterocycles. The average molecular weight is 339 g/mol. The number of hydrogen-bond donors (Lipinski definition) is 1. The van der Waals surface area contributed by atoms with E-state index in [2.05, 4.69) is 37.9 Å². The van der Waals surface area contributed by atoms with Crippen molar-refractivity contribution < 1.29 is 14.3 Å². The molecule has 0 spiro atoms. The van der Waals surface area contributed by atoms with Gasteiger partial charge in [-0.2, -0.15) is 0 Å². The van der Waals surface area contributed by atoms with Gasteiger partial charge < -0.3 is 15.0 Å². The minimum atomic E-state index is -0.116. The van der Waals surface area contributed by atoms with Gasteiger partial charge >= 0.3 is 0 Å². The van der Waals surface area contributed by atoms with Crippen molar-refractivity contribution in [1.82, 2.24) is 15.1 Å². The van der Waals surface area contributed by atoms with Gasteiger partial charge in [-0.1, -0.05) is 13.8 Å². The van der Waals surface area contributed by atoms with E-state index in [1.54, 1.807) is 0 Å². The quantitative estimate of drug-likeness (QED) is 0.837. The van der Waals surface area contributed by atoms with Crippen LogP contribution in [0, 0.1) is 5.92 Å². The predicted molar refractivity (Wildman–Crippen MR) is 93.6 cm³/mol. The Morgan fingerprint density at radius 1 is 1.12 bits per heavy atom. The fourth-order valence-electron chi connectivity index (χ4n) is 4.08. The first-order valence-electron chi connectivity index (χ1n) is 9.23. The Bertz CT molecular complexity index is 445. The van der Waals surface area contributed by atoms with Crippen LogP contribution in [-0.2, 0) is 14.3 Å². The fourth-order valence-corrected chi connectivity index (χ4v) is 4.08. The summed E-state index contributed by atoms with van der Waals surface area (Å²) in [6.45, 7) is 12.9. The van der Waals surface area contributed by atoms with Gasteiger partial charge in [0.1, 0.15) is 0 Å². The van der Waals surface area contributed by atoms with Crippen LogP contribution in [0.1, 0.15) is 47.5 Å². The molecule has 4 unspecified atom stereocenters. The molecule has 0 aromatic rings. The number of carbonyl (C=O) groups is 2. The van der Waals surface area contributed by atoms with E-state index in [9.17, 15) is 9.59 Å². The van der Waals surface area contributed by atoms with Gasteiger partial charge in [0.15, 0.2) is 0 Å². The van der Waals surface area contributed by atoms with E-state index in [4.69, 9.17) is 4.74 Å². The molecule has 4 atom stereocenters. The summed E-state index contributed by atoms with van der Waals surface area (Å²) in [5.41, 5.74) is 0. The second-order valence-electron chi connectivity index (χ2n) is 7.72. The van der Waals surface area contributed by atoms with Crippen molar-refractivity contribution >= 4 is 11.8 Å². The summed E-state index contributed by atoms with van der Waals surface area (Å²) in [7, 11) is 0. The highest BCUT2D eigenvalue weighted by atomic mass is 16.5. The molecule has 2 amide bonds. The number of hydrogen-bond acceptors (Lipinski definition) is 4. The van der Waals surface area contributed by atoms with Crippen molar-refractivity contribution in [2.75, 3.05) is 26.2 Å². The Kier molecular flexibility index (Phi) is 6.63. The fraction of sp³-hybridized carbons (Fsp3) is 0.889. The maximum Gasteiger partial charge on any atom is 0.240 e. The van der Waals surface area contributed by atoms with Crippen molar-refractivity contribution in [2.45, 2.75) is 71.8 Å². The lowest BCUT2D eigenvalue weighted by Crippen LogP contribution is -2.59. The van der Waals surface area contributed by atoms with E-state index in [1.165, 1.54) is 6.92 Å². The van der Waals surface area contributed by atoms with Crippen molar-refractivity contribution in [2.24, 2.45) is 5.92 Å². The molecule has 2 heterocycles. The van der Waals surface area contributed by atoms with Crippen molar-refractivity contribution in [3.63, 3.8) is 0 Å². The number of ether oxygens (including phenoxy) is 1. The summed E-state index contributed by atoms with van der Waals surface area (Å²) < 4.78 is 5.82.